The fourth-order valence-electron chi connectivity index (χ4n) is 4.80. The maximum Gasteiger partial charge on any atom is 0.264 e. The molecule has 0 saturated carbocycles. The predicted molar refractivity (Wildman–Crippen MR) is 120 cm³/mol. The average molecular weight is 422 g/mol. The number of nitrogens with zero attached hydrogens (tertiary/aromatic N) is 1. The van der Waals surface area contributed by atoms with Crippen LogP contribution in [0.2, 0.25) is 0 Å². The van der Waals surface area contributed by atoms with Crippen molar-refractivity contribution in [2.45, 2.75) is 31.0 Å². The molecule has 1 heterocycles. The van der Waals surface area contributed by atoms with Gasteiger partial charge in [-0.25, -0.2) is 0 Å². The molecular weight excluding hydrogens is 394 g/mol. The van der Waals surface area contributed by atoms with Crippen molar-refractivity contribution in [1.29, 1.82) is 0 Å². The summed E-state index contributed by atoms with van der Waals surface area (Å²) in [6.07, 6.45) is 1.41. The highest BCUT2D eigenvalue weighted by Gasteiger charge is 2.48. The molecule has 30 heavy (non-hydrogen) atoms. The lowest BCUT2D eigenvalue weighted by molar-refractivity contribution is 0.133. The number of hydrogen-bond donors (Lipinski definition) is 0. The summed E-state index contributed by atoms with van der Waals surface area (Å²) < 4.78 is 29.1. The van der Waals surface area contributed by atoms with Crippen molar-refractivity contribution in [3.8, 4) is 0 Å². The minimum absolute atomic E-state index is 0.123. The Balaban J connectivity index is 1.94. The van der Waals surface area contributed by atoms with Gasteiger partial charge in [0.05, 0.1) is 17.9 Å². The van der Waals surface area contributed by atoms with Crippen LogP contribution in [0.3, 0.4) is 0 Å². The molecule has 1 aliphatic heterocycles. The summed E-state index contributed by atoms with van der Waals surface area (Å²) >= 11 is 0. The van der Waals surface area contributed by atoms with Crippen LogP contribution in [0.4, 0.5) is 0 Å². The molecule has 1 saturated heterocycles. The van der Waals surface area contributed by atoms with Crippen LogP contribution in [0.15, 0.2) is 91.0 Å². The summed E-state index contributed by atoms with van der Waals surface area (Å²) in [6, 6.07) is 31.4. The predicted octanol–water partition coefficient (Wildman–Crippen LogP) is 4.42. The van der Waals surface area contributed by atoms with Crippen LogP contribution in [0.5, 0.6) is 0 Å². The Morgan fingerprint density at radius 2 is 1.20 bits per heavy atom. The van der Waals surface area contributed by atoms with Gasteiger partial charge >= 0.3 is 0 Å². The molecule has 0 aromatic heterocycles. The maximum absolute atomic E-state index is 11.8. The first-order valence-electron chi connectivity index (χ1n) is 10.2. The highest BCUT2D eigenvalue weighted by molar-refractivity contribution is 7.86. The monoisotopic (exact) mass is 421 g/mol. The lowest BCUT2D eigenvalue weighted by Crippen LogP contribution is -2.50. The van der Waals surface area contributed by atoms with E-state index < -0.39 is 15.7 Å². The van der Waals surface area contributed by atoms with E-state index in [-0.39, 0.29) is 12.1 Å². The van der Waals surface area contributed by atoms with Crippen molar-refractivity contribution >= 4 is 10.1 Å². The normalized spacial score (nSPS) is 20.3. The third-order valence-corrected chi connectivity index (χ3v) is 6.47. The van der Waals surface area contributed by atoms with Crippen LogP contribution in [0.25, 0.3) is 0 Å². The molecule has 0 amide bonds. The van der Waals surface area contributed by atoms with E-state index in [2.05, 4.69) is 84.6 Å². The van der Waals surface area contributed by atoms with Gasteiger partial charge in [0.2, 0.25) is 0 Å². The SMILES string of the molecule is C[C@H]1C[C@H](OS(C)(=O)=O)CN1C(c1ccccc1)(c1ccccc1)c1ccccc1. The first-order valence-corrected chi connectivity index (χ1v) is 12.0. The van der Waals surface area contributed by atoms with E-state index in [1.807, 2.05) is 18.2 Å². The lowest BCUT2D eigenvalue weighted by atomic mass is 9.75. The minimum Gasteiger partial charge on any atom is -0.281 e. The molecule has 156 valence electrons. The van der Waals surface area contributed by atoms with E-state index in [4.69, 9.17) is 4.18 Å². The van der Waals surface area contributed by atoms with Gasteiger partial charge in [0.1, 0.15) is 0 Å². The number of likely N-dealkylation sites (tertiary alicyclic amines) is 1. The van der Waals surface area contributed by atoms with Gasteiger partial charge in [0.15, 0.2) is 0 Å². The third-order valence-electron chi connectivity index (χ3n) is 5.85. The van der Waals surface area contributed by atoms with Gasteiger partial charge in [-0.3, -0.25) is 9.08 Å². The number of benzene rings is 3. The largest absolute Gasteiger partial charge is 0.281 e. The molecule has 0 spiro atoms. The highest BCUT2D eigenvalue weighted by atomic mass is 32.2. The van der Waals surface area contributed by atoms with Crippen molar-refractivity contribution in [2.24, 2.45) is 0 Å². The number of rotatable bonds is 6. The van der Waals surface area contributed by atoms with Gasteiger partial charge in [-0.2, -0.15) is 8.42 Å². The van der Waals surface area contributed by atoms with Crippen LogP contribution >= 0.6 is 0 Å². The van der Waals surface area contributed by atoms with Crippen molar-refractivity contribution < 1.29 is 12.6 Å². The number of hydrogen-bond acceptors (Lipinski definition) is 4. The zero-order chi connectivity index (χ0) is 21.2. The third kappa shape index (κ3) is 3.93. The van der Waals surface area contributed by atoms with Gasteiger partial charge in [0.25, 0.3) is 10.1 Å². The van der Waals surface area contributed by atoms with E-state index >= 15 is 0 Å². The van der Waals surface area contributed by atoms with Gasteiger partial charge in [-0.1, -0.05) is 91.0 Å². The summed E-state index contributed by atoms with van der Waals surface area (Å²) in [6.45, 7) is 2.67. The molecule has 0 unspecified atom stereocenters. The fourth-order valence-corrected chi connectivity index (χ4v) is 5.44. The molecule has 5 heteroatoms. The van der Waals surface area contributed by atoms with E-state index in [1.165, 1.54) is 0 Å². The standard InChI is InChI=1S/C25H27NO3S/c1-20-18-24(29-30(2,27)28)19-26(20)25(21-12-6-3-7-13-21,22-14-8-4-9-15-22)23-16-10-5-11-17-23/h3-17,20,24H,18-19H2,1-2H3/t20-,24-/m0/s1. The molecule has 0 aliphatic carbocycles. The van der Waals surface area contributed by atoms with Crippen LogP contribution in [-0.4, -0.2) is 38.3 Å². The first kappa shape index (κ1) is 20.8. The van der Waals surface area contributed by atoms with Gasteiger partial charge < -0.3 is 0 Å². The Kier molecular flexibility index (Phi) is 5.78. The molecule has 4 nitrogen and oxygen atoms in total. The molecule has 0 radical (unpaired) electrons. The van der Waals surface area contributed by atoms with Gasteiger partial charge in [-0.15, -0.1) is 0 Å². The van der Waals surface area contributed by atoms with E-state index in [0.717, 1.165) is 22.9 Å². The minimum atomic E-state index is -3.52. The summed E-state index contributed by atoms with van der Waals surface area (Å²) in [5, 5.41) is 0. The Morgan fingerprint density at radius 3 is 1.57 bits per heavy atom. The van der Waals surface area contributed by atoms with Crippen LogP contribution in [0, 0.1) is 0 Å². The molecule has 2 atom stereocenters. The second-order valence-corrected chi connectivity index (χ2v) is 9.57. The second-order valence-electron chi connectivity index (χ2n) is 7.97. The van der Waals surface area contributed by atoms with E-state index in [9.17, 15) is 8.42 Å². The molecule has 3 aromatic carbocycles. The van der Waals surface area contributed by atoms with Crippen LogP contribution < -0.4 is 0 Å². The summed E-state index contributed by atoms with van der Waals surface area (Å²) in [5.74, 6) is 0. The zero-order valence-electron chi connectivity index (χ0n) is 17.3. The van der Waals surface area contributed by atoms with Crippen molar-refractivity contribution in [3.05, 3.63) is 108 Å². The van der Waals surface area contributed by atoms with Crippen LogP contribution in [0.1, 0.15) is 30.0 Å². The molecule has 1 aliphatic rings. The summed E-state index contributed by atoms with van der Waals surface area (Å²) in [7, 11) is -3.52. The Morgan fingerprint density at radius 1 is 0.800 bits per heavy atom. The molecular formula is C25H27NO3S. The van der Waals surface area contributed by atoms with E-state index in [0.29, 0.717) is 13.0 Å². The maximum atomic E-state index is 11.8. The topological polar surface area (TPSA) is 46.6 Å². The van der Waals surface area contributed by atoms with Crippen molar-refractivity contribution in [3.63, 3.8) is 0 Å². The lowest BCUT2D eigenvalue weighted by Gasteiger charge is -2.46. The van der Waals surface area contributed by atoms with E-state index in [1.54, 1.807) is 0 Å². The average Bonchev–Trinajstić information content (AvgIpc) is 3.09. The molecule has 0 bridgehead atoms. The molecule has 0 N–H and O–H groups in total. The van der Waals surface area contributed by atoms with Gasteiger partial charge in [0, 0.05) is 12.6 Å². The fraction of sp³-hybridized carbons (Fsp3) is 0.280. The summed E-state index contributed by atoms with van der Waals surface area (Å²) in [4.78, 5) is 2.39. The molecule has 1 fully saturated rings. The van der Waals surface area contributed by atoms with Gasteiger partial charge in [-0.05, 0) is 30.0 Å². The second kappa shape index (κ2) is 8.34. The van der Waals surface area contributed by atoms with Crippen molar-refractivity contribution in [1.82, 2.24) is 4.90 Å². The van der Waals surface area contributed by atoms with Crippen molar-refractivity contribution in [2.75, 3.05) is 12.8 Å². The zero-order valence-corrected chi connectivity index (χ0v) is 18.1. The Labute approximate surface area is 179 Å². The first-order chi connectivity index (χ1) is 14.4. The molecule has 3 aromatic rings. The summed E-state index contributed by atoms with van der Waals surface area (Å²) in [5.41, 5.74) is 2.89. The molecule has 4 rings (SSSR count). The Hall–Kier alpha value is -2.47. The smallest absolute Gasteiger partial charge is 0.264 e. The van der Waals surface area contributed by atoms with Crippen LogP contribution in [-0.2, 0) is 19.8 Å². The Bertz CT molecular complexity index is 972. The highest BCUT2D eigenvalue weighted by Crippen LogP contribution is 2.46. The quantitative estimate of drug-likeness (QED) is 0.437.